The maximum absolute atomic E-state index is 5.85. The first-order valence-corrected chi connectivity index (χ1v) is 9.39. The third-order valence-corrected chi connectivity index (χ3v) is 3.95. The van der Waals surface area contributed by atoms with E-state index in [1.165, 1.54) is 0 Å². The van der Waals surface area contributed by atoms with E-state index < -0.39 is 0 Å². The van der Waals surface area contributed by atoms with Crippen LogP contribution < -0.4 is 20.1 Å². The zero-order valence-electron chi connectivity index (χ0n) is 17.5. The van der Waals surface area contributed by atoms with Crippen LogP contribution >= 0.6 is 24.0 Å². The van der Waals surface area contributed by atoms with E-state index in [9.17, 15) is 0 Å². The Balaban J connectivity index is 0.00000420. The molecule has 0 saturated carbocycles. The van der Waals surface area contributed by atoms with Gasteiger partial charge in [-0.2, -0.15) is 0 Å². The lowest BCUT2D eigenvalue weighted by Crippen LogP contribution is -2.37. The van der Waals surface area contributed by atoms with Gasteiger partial charge in [0.25, 0.3) is 0 Å². The van der Waals surface area contributed by atoms with Crippen molar-refractivity contribution >= 4 is 29.9 Å². The number of nitrogens with zero attached hydrogens (tertiary/aromatic N) is 2. The van der Waals surface area contributed by atoms with Crippen LogP contribution in [-0.4, -0.2) is 44.9 Å². The van der Waals surface area contributed by atoms with Gasteiger partial charge in [-0.05, 0) is 31.5 Å². The summed E-state index contributed by atoms with van der Waals surface area (Å²) in [4.78, 5) is 9.09. The quantitative estimate of drug-likeness (QED) is 0.219. The standard InChI is InChI=1S/C21H30N4O3.HI/c1-5-22-21(24-15-18-7-6-8-20(25-18)27-4)23-14-17-10-9-16(2)13-19(17)28-12-11-26-3;/h6-10,13H,5,11-12,14-15H2,1-4H3,(H2,22,23,24);1H. The first-order valence-electron chi connectivity index (χ1n) is 9.39. The Labute approximate surface area is 190 Å². The molecular formula is C21H31IN4O3. The summed E-state index contributed by atoms with van der Waals surface area (Å²) >= 11 is 0. The highest BCUT2D eigenvalue weighted by atomic mass is 127. The molecule has 0 radical (unpaired) electrons. The zero-order chi connectivity index (χ0) is 20.2. The van der Waals surface area contributed by atoms with Crippen LogP contribution in [0.1, 0.15) is 23.7 Å². The lowest BCUT2D eigenvalue weighted by atomic mass is 10.1. The number of guanidine groups is 1. The van der Waals surface area contributed by atoms with Crippen molar-refractivity contribution in [3.05, 3.63) is 53.2 Å². The number of methoxy groups -OCH3 is 2. The Morgan fingerprint density at radius 3 is 2.66 bits per heavy atom. The van der Waals surface area contributed by atoms with Gasteiger partial charge in [0.05, 0.1) is 32.5 Å². The highest BCUT2D eigenvalue weighted by Crippen LogP contribution is 2.21. The monoisotopic (exact) mass is 514 g/mol. The van der Waals surface area contributed by atoms with Crippen LogP contribution in [0.15, 0.2) is 41.4 Å². The fraction of sp³-hybridized carbons (Fsp3) is 0.429. The molecule has 0 aliphatic rings. The fourth-order valence-corrected chi connectivity index (χ4v) is 2.51. The maximum atomic E-state index is 5.85. The fourth-order valence-electron chi connectivity index (χ4n) is 2.51. The topological polar surface area (TPSA) is 77.0 Å². The van der Waals surface area contributed by atoms with Crippen LogP contribution in [0.4, 0.5) is 0 Å². The van der Waals surface area contributed by atoms with Gasteiger partial charge in [-0.3, -0.25) is 0 Å². The van der Waals surface area contributed by atoms with Crippen molar-refractivity contribution in [1.29, 1.82) is 0 Å². The molecule has 2 rings (SSSR count). The van der Waals surface area contributed by atoms with Gasteiger partial charge in [-0.1, -0.05) is 18.2 Å². The van der Waals surface area contributed by atoms with Gasteiger partial charge in [0.15, 0.2) is 5.96 Å². The highest BCUT2D eigenvalue weighted by Gasteiger charge is 2.06. The molecule has 2 aromatic rings. The molecule has 0 fully saturated rings. The van der Waals surface area contributed by atoms with Crippen LogP contribution in [0.5, 0.6) is 11.6 Å². The van der Waals surface area contributed by atoms with Crippen molar-refractivity contribution < 1.29 is 14.2 Å². The van der Waals surface area contributed by atoms with Gasteiger partial charge in [-0.25, -0.2) is 9.98 Å². The van der Waals surface area contributed by atoms with Crippen molar-refractivity contribution in [2.45, 2.75) is 26.9 Å². The van der Waals surface area contributed by atoms with Crippen molar-refractivity contribution in [3.63, 3.8) is 0 Å². The molecule has 0 bridgehead atoms. The van der Waals surface area contributed by atoms with Crippen molar-refractivity contribution in [2.75, 3.05) is 34.0 Å². The van der Waals surface area contributed by atoms with Gasteiger partial charge < -0.3 is 24.8 Å². The number of aromatic nitrogens is 1. The molecule has 0 saturated heterocycles. The first-order chi connectivity index (χ1) is 13.7. The number of hydrogen-bond donors (Lipinski definition) is 2. The minimum Gasteiger partial charge on any atom is -0.491 e. The predicted octanol–water partition coefficient (Wildman–Crippen LogP) is 3.30. The van der Waals surface area contributed by atoms with Crippen molar-refractivity contribution in [2.24, 2.45) is 4.99 Å². The van der Waals surface area contributed by atoms with Gasteiger partial charge in [0, 0.05) is 25.3 Å². The Bertz CT molecular complexity index is 771. The summed E-state index contributed by atoms with van der Waals surface area (Å²) < 4.78 is 16.1. The number of benzene rings is 1. The number of halogens is 1. The van der Waals surface area contributed by atoms with Crippen LogP contribution in [0.3, 0.4) is 0 Å². The molecule has 1 aromatic heterocycles. The third kappa shape index (κ3) is 8.86. The number of ether oxygens (including phenoxy) is 3. The average molecular weight is 514 g/mol. The molecular weight excluding hydrogens is 483 g/mol. The van der Waals surface area contributed by atoms with Gasteiger partial charge in [0.1, 0.15) is 12.4 Å². The molecule has 8 heteroatoms. The number of aryl methyl sites for hydroxylation is 1. The van der Waals surface area contributed by atoms with E-state index in [-0.39, 0.29) is 24.0 Å². The van der Waals surface area contributed by atoms with E-state index >= 15 is 0 Å². The molecule has 0 unspecified atom stereocenters. The maximum Gasteiger partial charge on any atom is 0.213 e. The van der Waals surface area contributed by atoms with Crippen LogP contribution in [0, 0.1) is 6.92 Å². The summed E-state index contributed by atoms with van der Waals surface area (Å²) in [6, 6.07) is 11.8. The van der Waals surface area contributed by atoms with Crippen LogP contribution in [0.25, 0.3) is 0 Å². The van der Waals surface area contributed by atoms with Crippen LogP contribution in [0.2, 0.25) is 0 Å². The summed E-state index contributed by atoms with van der Waals surface area (Å²) in [7, 11) is 3.27. The molecule has 29 heavy (non-hydrogen) atoms. The summed E-state index contributed by atoms with van der Waals surface area (Å²) in [5, 5.41) is 6.56. The SMILES string of the molecule is CCNC(=NCc1ccc(C)cc1OCCOC)NCc1cccc(OC)n1.I. The zero-order valence-corrected chi connectivity index (χ0v) is 19.9. The Morgan fingerprint density at radius 1 is 1.10 bits per heavy atom. The molecule has 0 amide bonds. The molecule has 1 heterocycles. The molecule has 7 nitrogen and oxygen atoms in total. The first kappa shape index (κ1) is 25.0. The number of rotatable bonds is 10. The summed E-state index contributed by atoms with van der Waals surface area (Å²) in [5.41, 5.74) is 3.05. The Hall–Kier alpha value is -2.07. The minimum atomic E-state index is 0. The lowest BCUT2D eigenvalue weighted by Gasteiger charge is -2.13. The average Bonchev–Trinajstić information content (AvgIpc) is 2.71. The van der Waals surface area contributed by atoms with Crippen molar-refractivity contribution in [1.82, 2.24) is 15.6 Å². The van der Waals surface area contributed by atoms with E-state index in [1.54, 1.807) is 14.2 Å². The Morgan fingerprint density at radius 2 is 1.93 bits per heavy atom. The minimum absolute atomic E-state index is 0. The van der Waals surface area contributed by atoms with Gasteiger partial charge >= 0.3 is 0 Å². The third-order valence-electron chi connectivity index (χ3n) is 3.95. The number of pyridine rings is 1. The highest BCUT2D eigenvalue weighted by molar-refractivity contribution is 14.0. The molecule has 1 aromatic carbocycles. The second kappa shape index (κ2) is 14.0. The van der Waals surface area contributed by atoms with E-state index in [4.69, 9.17) is 14.2 Å². The number of hydrogen-bond acceptors (Lipinski definition) is 5. The molecule has 0 aliphatic heterocycles. The molecule has 0 atom stereocenters. The van der Waals surface area contributed by atoms with Crippen molar-refractivity contribution in [3.8, 4) is 11.6 Å². The summed E-state index contributed by atoms with van der Waals surface area (Å²) in [6.07, 6.45) is 0. The predicted molar refractivity (Wildman–Crippen MR) is 126 cm³/mol. The second-order valence-electron chi connectivity index (χ2n) is 6.17. The van der Waals surface area contributed by atoms with E-state index in [1.807, 2.05) is 44.2 Å². The summed E-state index contributed by atoms with van der Waals surface area (Å²) in [6.45, 7) is 6.96. The molecule has 0 spiro atoms. The number of aliphatic imine (C=N–C) groups is 1. The van der Waals surface area contributed by atoms with Gasteiger partial charge in [-0.15, -0.1) is 24.0 Å². The lowest BCUT2D eigenvalue weighted by molar-refractivity contribution is 0.145. The number of nitrogens with one attached hydrogen (secondary N) is 2. The van der Waals surface area contributed by atoms with E-state index in [0.717, 1.165) is 35.1 Å². The van der Waals surface area contributed by atoms with E-state index in [2.05, 4.69) is 26.7 Å². The smallest absolute Gasteiger partial charge is 0.213 e. The largest absolute Gasteiger partial charge is 0.491 e. The molecule has 160 valence electrons. The van der Waals surface area contributed by atoms with Crippen LogP contribution in [-0.2, 0) is 17.8 Å². The Kier molecular flexibility index (Phi) is 12.1. The summed E-state index contributed by atoms with van der Waals surface area (Å²) in [5.74, 6) is 2.15. The van der Waals surface area contributed by atoms with E-state index in [0.29, 0.717) is 32.2 Å². The molecule has 2 N–H and O–H groups in total. The second-order valence-corrected chi connectivity index (χ2v) is 6.17. The normalized spacial score (nSPS) is 10.8. The molecule has 0 aliphatic carbocycles. The van der Waals surface area contributed by atoms with Gasteiger partial charge in [0.2, 0.25) is 5.88 Å².